The van der Waals surface area contributed by atoms with Gasteiger partial charge in [-0.15, -0.1) is 0 Å². The molecule has 1 aliphatic rings. The molecule has 16 heavy (non-hydrogen) atoms. The molecule has 1 saturated heterocycles. The molecule has 3 nitrogen and oxygen atoms in total. The molecule has 0 radical (unpaired) electrons. The van der Waals surface area contributed by atoms with Crippen molar-refractivity contribution in [1.82, 2.24) is 5.32 Å². The van der Waals surface area contributed by atoms with Crippen LogP contribution in [0.3, 0.4) is 0 Å². The molecule has 88 valence electrons. The molecule has 0 unspecified atom stereocenters. The second-order valence-corrected chi connectivity index (χ2v) is 4.99. The fraction of sp³-hybridized carbons (Fsp3) is 0.500. The monoisotopic (exact) mass is 239 g/mol. The van der Waals surface area contributed by atoms with Crippen LogP contribution in [0.5, 0.6) is 0 Å². The first-order valence-electron chi connectivity index (χ1n) is 5.62. The number of piperazine rings is 1. The first kappa shape index (κ1) is 11.6. The van der Waals surface area contributed by atoms with E-state index in [4.69, 9.17) is 17.3 Å². The molecular formula is C12H18ClN3. The number of nitrogens with zero attached hydrogens (tertiary/aromatic N) is 1. The summed E-state index contributed by atoms with van der Waals surface area (Å²) < 4.78 is 0. The molecule has 1 fully saturated rings. The summed E-state index contributed by atoms with van der Waals surface area (Å²) in [7, 11) is 0. The van der Waals surface area contributed by atoms with E-state index in [0.29, 0.717) is 22.8 Å². The SMILES string of the molecule is C[C@@H]1CN(c2ccc(Cl)c(N)c2)C[C@H](C)N1. The minimum absolute atomic E-state index is 0.501. The fourth-order valence-electron chi connectivity index (χ4n) is 2.27. The molecule has 2 rings (SSSR count). The highest BCUT2D eigenvalue weighted by Crippen LogP contribution is 2.26. The third-order valence-corrected chi connectivity index (χ3v) is 3.25. The van der Waals surface area contributed by atoms with Gasteiger partial charge in [-0.2, -0.15) is 0 Å². The van der Waals surface area contributed by atoms with Crippen LogP contribution in [-0.4, -0.2) is 25.2 Å². The Kier molecular flexibility index (Phi) is 3.26. The van der Waals surface area contributed by atoms with Gasteiger partial charge >= 0.3 is 0 Å². The zero-order valence-electron chi connectivity index (χ0n) is 9.70. The van der Waals surface area contributed by atoms with Gasteiger partial charge in [-0.05, 0) is 32.0 Å². The van der Waals surface area contributed by atoms with Crippen LogP contribution >= 0.6 is 11.6 Å². The predicted molar refractivity (Wildman–Crippen MR) is 70.1 cm³/mol. The van der Waals surface area contributed by atoms with Gasteiger partial charge in [0.05, 0.1) is 10.7 Å². The topological polar surface area (TPSA) is 41.3 Å². The average molecular weight is 240 g/mol. The van der Waals surface area contributed by atoms with E-state index in [0.717, 1.165) is 18.8 Å². The van der Waals surface area contributed by atoms with Crippen LogP contribution < -0.4 is 16.0 Å². The summed E-state index contributed by atoms with van der Waals surface area (Å²) >= 11 is 5.92. The quantitative estimate of drug-likeness (QED) is 0.738. The van der Waals surface area contributed by atoms with Crippen LogP contribution in [0.1, 0.15) is 13.8 Å². The molecule has 1 aromatic rings. The van der Waals surface area contributed by atoms with Crippen LogP contribution in [0.4, 0.5) is 11.4 Å². The Bertz CT molecular complexity index is 371. The van der Waals surface area contributed by atoms with Crippen molar-refractivity contribution in [2.75, 3.05) is 23.7 Å². The number of nitrogen functional groups attached to an aromatic ring is 1. The number of nitrogens with two attached hydrogens (primary N) is 1. The van der Waals surface area contributed by atoms with Crippen LogP contribution in [0.2, 0.25) is 5.02 Å². The maximum atomic E-state index is 5.92. The summed E-state index contributed by atoms with van der Waals surface area (Å²) in [6, 6.07) is 6.85. The number of nitrogens with one attached hydrogen (secondary N) is 1. The van der Waals surface area contributed by atoms with Crippen molar-refractivity contribution in [3.05, 3.63) is 23.2 Å². The van der Waals surface area contributed by atoms with Crippen LogP contribution in [0, 0.1) is 0 Å². The molecule has 0 spiro atoms. The molecule has 2 atom stereocenters. The van der Waals surface area contributed by atoms with Gasteiger partial charge in [-0.25, -0.2) is 0 Å². The van der Waals surface area contributed by atoms with Gasteiger partial charge in [-0.3, -0.25) is 0 Å². The minimum Gasteiger partial charge on any atom is -0.397 e. The summed E-state index contributed by atoms with van der Waals surface area (Å²) in [5.74, 6) is 0. The number of anilines is 2. The van der Waals surface area contributed by atoms with E-state index in [2.05, 4.69) is 24.1 Å². The van der Waals surface area contributed by atoms with E-state index in [1.165, 1.54) is 0 Å². The van der Waals surface area contributed by atoms with Crippen LogP contribution in [0.25, 0.3) is 0 Å². The fourth-order valence-corrected chi connectivity index (χ4v) is 2.38. The highest BCUT2D eigenvalue weighted by atomic mass is 35.5. The summed E-state index contributed by atoms with van der Waals surface area (Å²) in [5.41, 5.74) is 7.63. The zero-order chi connectivity index (χ0) is 11.7. The van der Waals surface area contributed by atoms with Crippen molar-refractivity contribution in [1.29, 1.82) is 0 Å². The minimum atomic E-state index is 0.501. The lowest BCUT2D eigenvalue weighted by Crippen LogP contribution is -2.54. The number of halogens is 1. The Morgan fingerprint density at radius 2 is 1.94 bits per heavy atom. The predicted octanol–water partition coefficient (Wildman–Crippen LogP) is 2.11. The molecule has 0 aliphatic carbocycles. The highest BCUT2D eigenvalue weighted by Gasteiger charge is 2.21. The molecular weight excluding hydrogens is 222 g/mol. The smallest absolute Gasteiger partial charge is 0.0636 e. The standard InChI is InChI=1S/C12H18ClN3/c1-8-6-16(7-9(2)15-8)10-3-4-11(13)12(14)5-10/h3-5,8-9,15H,6-7,14H2,1-2H3/t8-,9+. The number of hydrogen-bond acceptors (Lipinski definition) is 3. The molecule has 0 bridgehead atoms. The third-order valence-electron chi connectivity index (χ3n) is 2.90. The summed E-state index contributed by atoms with van der Waals surface area (Å²) in [5, 5.41) is 4.13. The highest BCUT2D eigenvalue weighted by molar-refractivity contribution is 6.33. The first-order chi connectivity index (χ1) is 7.56. The molecule has 0 amide bonds. The maximum Gasteiger partial charge on any atom is 0.0636 e. The van der Waals surface area contributed by atoms with Gasteiger partial charge in [0.2, 0.25) is 0 Å². The molecule has 0 saturated carbocycles. The Balaban J connectivity index is 2.19. The normalized spacial score (nSPS) is 25.8. The summed E-state index contributed by atoms with van der Waals surface area (Å²) in [6.45, 7) is 6.40. The second-order valence-electron chi connectivity index (χ2n) is 4.58. The summed E-state index contributed by atoms with van der Waals surface area (Å²) in [4.78, 5) is 2.35. The lowest BCUT2D eigenvalue weighted by molar-refractivity contribution is 0.407. The van der Waals surface area contributed by atoms with Crippen molar-refractivity contribution < 1.29 is 0 Å². The van der Waals surface area contributed by atoms with Gasteiger partial charge in [0, 0.05) is 30.9 Å². The van der Waals surface area contributed by atoms with E-state index in [9.17, 15) is 0 Å². The van der Waals surface area contributed by atoms with Gasteiger partial charge in [0.15, 0.2) is 0 Å². The van der Waals surface area contributed by atoms with E-state index >= 15 is 0 Å². The second kappa shape index (κ2) is 4.52. The van der Waals surface area contributed by atoms with E-state index in [-0.39, 0.29) is 0 Å². The van der Waals surface area contributed by atoms with Gasteiger partial charge in [0.25, 0.3) is 0 Å². The van der Waals surface area contributed by atoms with Gasteiger partial charge in [-0.1, -0.05) is 11.6 Å². The van der Waals surface area contributed by atoms with E-state index < -0.39 is 0 Å². The Hall–Kier alpha value is -0.930. The van der Waals surface area contributed by atoms with Crippen LogP contribution in [0.15, 0.2) is 18.2 Å². The molecule has 3 N–H and O–H groups in total. The lowest BCUT2D eigenvalue weighted by atomic mass is 10.1. The molecule has 0 aromatic heterocycles. The molecule has 1 aromatic carbocycles. The Labute approximate surface area is 102 Å². The van der Waals surface area contributed by atoms with Crippen molar-refractivity contribution in [2.45, 2.75) is 25.9 Å². The maximum absolute atomic E-state index is 5.92. The molecule has 1 aliphatic heterocycles. The van der Waals surface area contributed by atoms with Crippen molar-refractivity contribution in [3.63, 3.8) is 0 Å². The van der Waals surface area contributed by atoms with E-state index in [1.807, 2.05) is 18.2 Å². The van der Waals surface area contributed by atoms with Crippen molar-refractivity contribution in [3.8, 4) is 0 Å². The van der Waals surface area contributed by atoms with E-state index in [1.54, 1.807) is 0 Å². The number of rotatable bonds is 1. The molecule has 1 heterocycles. The van der Waals surface area contributed by atoms with Gasteiger partial charge < -0.3 is 16.0 Å². The van der Waals surface area contributed by atoms with Gasteiger partial charge in [0.1, 0.15) is 0 Å². The number of hydrogen-bond donors (Lipinski definition) is 2. The Morgan fingerprint density at radius 1 is 1.31 bits per heavy atom. The van der Waals surface area contributed by atoms with Crippen molar-refractivity contribution in [2.24, 2.45) is 0 Å². The molecule has 4 heteroatoms. The van der Waals surface area contributed by atoms with Crippen molar-refractivity contribution >= 4 is 23.0 Å². The Morgan fingerprint density at radius 3 is 2.50 bits per heavy atom. The summed E-state index contributed by atoms with van der Waals surface area (Å²) in [6.07, 6.45) is 0. The number of benzene rings is 1. The third kappa shape index (κ3) is 2.42. The van der Waals surface area contributed by atoms with Crippen LogP contribution in [-0.2, 0) is 0 Å². The largest absolute Gasteiger partial charge is 0.397 e. The zero-order valence-corrected chi connectivity index (χ0v) is 10.5. The first-order valence-corrected chi connectivity index (χ1v) is 6.00. The average Bonchev–Trinajstić information content (AvgIpc) is 2.20. The lowest BCUT2D eigenvalue weighted by Gasteiger charge is -2.37.